The van der Waals surface area contributed by atoms with E-state index in [0.29, 0.717) is 55.4 Å². The highest BCUT2D eigenvalue weighted by atomic mass is 16.5. The number of H-pyrrole nitrogens is 2. The number of ether oxygens (including phenoxy) is 1. The summed E-state index contributed by atoms with van der Waals surface area (Å²) in [5.74, 6) is 1.37. The van der Waals surface area contributed by atoms with E-state index >= 15 is 0 Å². The zero-order valence-corrected chi connectivity index (χ0v) is 33.9. The number of amides is 4. The minimum atomic E-state index is -1.27. The summed E-state index contributed by atoms with van der Waals surface area (Å²) in [4.78, 5) is 70.8. The normalized spacial score (nSPS) is 17.7. The van der Waals surface area contributed by atoms with Crippen LogP contribution in [-0.4, -0.2) is 81.6 Å². The zero-order chi connectivity index (χ0) is 43.2. The van der Waals surface area contributed by atoms with Gasteiger partial charge in [-0.15, -0.1) is 0 Å². The van der Waals surface area contributed by atoms with E-state index in [1.807, 2.05) is 36.4 Å². The van der Waals surface area contributed by atoms with E-state index in [0.717, 1.165) is 63.3 Å². The van der Waals surface area contributed by atoms with Gasteiger partial charge in [0.05, 0.1) is 47.1 Å². The molecule has 6 N–H and O–H groups in total. The van der Waals surface area contributed by atoms with Crippen molar-refractivity contribution in [3.63, 3.8) is 0 Å². The Labute approximate surface area is 360 Å². The number of likely N-dealkylation sites (tertiary alicyclic amines) is 2. The minimum absolute atomic E-state index is 0.315. The lowest BCUT2D eigenvalue weighted by atomic mass is 10.0. The van der Waals surface area contributed by atoms with Crippen molar-refractivity contribution in [2.75, 3.05) is 13.1 Å². The third-order valence-corrected chi connectivity index (χ3v) is 12.3. The van der Waals surface area contributed by atoms with Crippen LogP contribution >= 0.6 is 0 Å². The smallest absolute Gasteiger partial charge is 0.405 e. The molecule has 16 heteroatoms. The number of carboxylic acid groups (broad SMARTS) is 2. The molecular formula is C47H43N9O7. The highest BCUT2D eigenvalue weighted by Crippen LogP contribution is 2.42. The molecule has 6 heterocycles. The van der Waals surface area contributed by atoms with Gasteiger partial charge in [0.1, 0.15) is 29.5 Å². The van der Waals surface area contributed by atoms with Crippen molar-refractivity contribution < 1.29 is 34.1 Å². The average Bonchev–Trinajstić information content (AvgIpc) is 4.16. The van der Waals surface area contributed by atoms with Crippen molar-refractivity contribution in [3.8, 4) is 39.5 Å². The summed E-state index contributed by atoms with van der Waals surface area (Å²) in [6, 6.07) is 29.4. The van der Waals surface area contributed by atoms with Crippen LogP contribution in [0, 0.1) is 0 Å². The van der Waals surface area contributed by atoms with Gasteiger partial charge in [-0.3, -0.25) is 9.59 Å². The number of nitrogens with zero attached hydrogens (tertiary/aromatic N) is 5. The molecule has 7 aromatic rings. The molecule has 63 heavy (non-hydrogen) atoms. The van der Waals surface area contributed by atoms with Gasteiger partial charge in [-0.05, 0) is 67.1 Å². The standard InChI is InChI=1S/C47H43N9O7/c57-44(40(52-46(59)60)27-9-3-1-4-10-27)54-19-7-13-36(54)42-48-24-33(50-42)29-16-18-35-31(21-29)22-38-32-17-15-30(23-39(32)63-26-56(35)38)34-25-49-43(51-34)37-14-8-20-55(37)45(58)41(53-47(61)62)28-11-5-2-6-12-28/h1-6,9-12,15-18,21-25,36-37,40-41,52-53H,7-8,13-14,19-20,26H2,(H,48,50)(H,49,51)(H,59,60)(H,61,62)/t36?,37-,40?,41+/m0/s1. The SMILES string of the molecule is O=C(O)NC(C(=O)N1CCCC1c1ncc(-c2ccc3c(c2)cc2n3COc3cc(-c4cnc([C@@H]5CCCN5C(=O)[C@H](NC(=O)O)c5ccccc5)[nH]4)ccc3-2)[nH]1)c1ccccc1. The van der Waals surface area contributed by atoms with Crippen LogP contribution in [0.2, 0.25) is 0 Å². The fourth-order valence-corrected chi connectivity index (χ4v) is 9.34. The van der Waals surface area contributed by atoms with Gasteiger partial charge in [0.15, 0.2) is 6.73 Å². The molecule has 2 fully saturated rings. The van der Waals surface area contributed by atoms with E-state index < -0.39 is 24.3 Å². The molecule has 3 aromatic heterocycles. The average molecular weight is 846 g/mol. The van der Waals surface area contributed by atoms with Crippen LogP contribution in [0.1, 0.15) is 72.6 Å². The molecule has 2 unspecified atom stereocenters. The van der Waals surface area contributed by atoms with Crippen LogP contribution < -0.4 is 15.4 Å². The zero-order valence-electron chi connectivity index (χ0n) is 33.9. The van der Waals surface area contributed by atoms with Crippen LogP contribution in [0.3, 0.4) is 0 Å². The number of carbonyl (C=O) groups excluding carboxylic acids is 2. The van der Waals surface area contributed by atoms with Gasteiger partial charge in [-0.2, -0.15) is 0 Å². The Morgan fingerprint density at radius 1 is 0.667 bits per heavy atom. The second-order valence-corrected chi connectivity index (χ2v) is 16.0. The third-order valence-electron chi connectivity index (χ3n) is 12.3. The van der Waals surface area contributed by atoms with Gasteiger partial charge in [0.25, 0.3) is 11.8 Å². The Morgan fingerprint density at radius 2 is 1.19 bits per heavy atom. The number of fused-ring (bicyclic) bond motifs is 5. The first-order valence-electron chi connectivity index (χ1n) is 20.9. The number of aromatic nitrogens is 5. The molecule has 2 saturated heterocycles. The van der Waals surface area contributed by atoms with Crippen molar-refractivity contribution in [3.05, 3.63) is 138 Å². The molecule has 0 spiro atoms. The molecule has 3 aliphatic heterocycles. The second-order valence-electron chi connectivity index (χ2n) is 16.0. The van der Waals surface area contributed by atoms with E-state index in [-0.39, 0.29) is 23.9 Å². The summed E-state index contributed by atoms with van der Waals surface area (Å²) in [6.45, 7) is 1.30. The molecular weight excluding hydrogens is 803 g/mol. The molecule has 3 aliphatic rings. The molecule has 0 bridgehead atoms. The van der Waals surface area contributed by atoms with Crippen LogP contribution in [0.5, 0.6) is 5.75 Å². The number of benzene rings is 4. The Morgan fingerprint density at radius 3 is 1.73 bits per heavy atom. The van der Waals surface area contributed by atoms with E-state index in [2.05, 4.69) is 43.4 Å². The van der Waals surface area contributed by atoms with E-state index in [1.54, 1.807) is 70.7 Å². The summed E-state index contributed by atoms with van der Waals surface area (Å²) in [5, 5.41) is 24.9. The fourth-order valence-electron chi connectivity index (χ4n) is 9.34. The van der Waals surface area contributed by atoms with Gasteiger partial charge in [-0.1, -0.05) is 72.8 Å². The number of imidazole rings is 2. The largest absolute Gasteiger partial charge is 0.472 e. The Balaban J connectivity index is 0.864. The molecule has 0 aliphatic carbocycles. The first-order chi connectivity index (χ1) is 30.7. The summed E-state index contributed by atoms with van der Waals surface area (Å²) < 4.78 is 8.48. The topological polar surface area (TPSA) is 211 Å². The Kier molecular flexibility index (Phi) is 10.1. The number of hydrogen-bond acceptors (Lipinski definition) is 7. The monoisotopic (exact) mass is 845 g/mol. The number of hydrogen-bond donors (Lipinski definition) is 6. The van der Waals surface area contributed by atoms with Gasteiger partial charge >= 0.3 is 12.2 Å². The van der Waals surface area contributed by atoms with Crippen molar-refractivity contribution >= 4 is 34.9 Å². The minimum Gasteiger partial charge on any atom is -0.472 e. The molecule has 4 atom stereocenters. The lowest BCUT2D eigenvalue weighted by Crippen LogP contribution is -2.42. The maximum absolute atomic E-state index is 13.8. The quantitative estimate of drug-likeness (QED) is 0.0793. The molecule has 10 rings (SSSR count). The maximum atomic E-state index is 13.8. The highest BCUT2D eigenvalue weighted by molar-refractivity contribution is 5.92. The molecule has 0 radical (unpaired) electrons. The van der Waals surface area contributed by atoms with Crippen molar-refractivity contribution in [1.82, 2.24) is 44.9 Å². The molecule has 16 nitrogen and oxygen atoms in total. The Hall–Kier alpha value is -7.88. The summed E-state index contributed by atoms with van der Waals surface area (Å²) >= 11 is 0. The van der Waals surface area contributed by atoms with Crippen molar-refractivity contribution in [2.24, 2.45) is 0 Å². The summed E-state index contributed by atoms with van der Waals surface area (Å²) in [6.07, 6.45) is 3.92. The van der Waals surface area contributed by atoms with Gasteiger partial charge in [0.2, 0.25) is 0 Å². The van der Waals surface area contributed by atoms with Crippen LogP contribution in [-0.2, 0) is 16.3 Å². The number of aromatic amines is 2. The first kappa shape index (κ1) is 39.3. The second kappa shape index (κ2) is 16.2. The third kappa shape index (κ3) is 7.38. The van der Waals surface area contributed by atoms with Crippen LogP contribution in [0.25, 0.3) is 44.7 Å². The number of rotatable bonds is 10. The molecule has 318 valence electrons. The van der Waals surface area contributed by atoms with Gasteiger partial charge in [-0.25, -0.2) is 19.6 Å². The van der Waals surface area contributed by atoms with Gasteiger partial charge < -0.3 is 49.9 Å². The van der Waals surface area contributed by atoms with Crippen molar-refractivity contribution in [1.29, 1.82) is 0 Å². The molecule has 4 aromatic carbocycles. The van der Waals surface area contributed by atoms with Crippen LogP contribution in [0.15, 0.2) is 116 Å². The molecule has 4 amide bonds. The predicted molar refractivity (Wildman–Crippen MR) is 231 cm³/mol. The lowest BCUT2D eigenvalue weighted by Gasteiger charge is -2.28. The fraction of sp³-hybridized carbons (Fsp3) is 0.234. The number of nitrogens with one attached hydrogen (secondary N) is 4. The van der Waals surface area contributed by atoms with E-state index in [4.69, 9.17) is 14.7 Å². The van der Waals surface area contributed by atoms with E-state index in [9.17, 15) is 29.4 Å². The van der Waals surface area contributed by atoms with Crippen LogP contribution in [0.4, 0.5) is 9.59 Å². The lowest BCUT2D eigenvalue weighted by molar-refractivity contribution is -0.135. The molecule has 0 saturated carbocycles. The van der Waals surface area contributed by atoms with Gasteiger partial charge in [0, 0.05) is 35.2 Å². The Bertz CT molecular complexity index is 2870. The number of carbonyl (C=O) groups is 4. The highest BCUT2D eigenvalue weighted by Gasteiger charge is 2.38. The first-order valence-corrected chi connectivity index (χ1v) is 20.9. The summed E-state index contributed by atoms with van der Waals surface area (Å²) in [7, 11) is 0. The summed E-state index contributed by atoms with van der Waals surface area (Å²) in [5.41, 5.74) is 7.49. The maximum Gasteiger partial charge on any atom is 0.405 e. The van der Waals surface area contributed by atoms with Crippen molar-refractivity contribution in [2.45, 2.75) is 56.6 Å². The van der Waals surface area contributed by atoms with E-state index in [1.165, 1.54) is 0 Å². The predicted octanol–water partition coefficient (Wildman–Crippen LogP) is 7.78.